The summed E-state index contributed by atoms with van der Waals surface area (Å²) in [6.45, 7) is 3.08. The summed E-state index contributed by atoms with van der Waals surface area (Å²) in [4.78, 5) is 11.0. The quantitative estimate of drug-likeness (QED) is 0.843. The monoisotopic (exact) mass is 331 g/mol. The molecule has 4 rings (SSSR count). The van der Waals surface area contributed by atoms with Crippen LogP contribution in [0.1, 0.15) is 17.8 Å². The summed E-state index contributed by atoms with van der Waals surface area (Å²) in [5, 5.41) is 3.03. The summed E-state index contributed by atoms with van der Waals surface area (Å²) in [7, 11) is 0. The smallest absolute Gasteiger partial charge is 0.118 e. The predicted molar refractivity (Wildman–Crippen MR) is 89.6 cm³/mol. The fourth-order valence-electron chi connectivity index (χ4n) is 3.71. The SMILES string of the molecule is c1cncc(N2CCOC3C(COCc4nccs4)CCC32)c1. The molecule has 1 aliphatic heterocycles. The molecule has 5 nitrogen and oxygen atoms in total. The molecule has 1 saturated heterocycles. The van der Waals surface area contributed by atoms with E-state index in [0.29, 0.717) is 18.6 Å². The Morgan fingerprint density at radius 2 is 2.35 bits per heavy atom. The molecule has 0 bridgehead atoms. The summed E-state index contributed by atoms with van der Waals surface area (Å²) >= 11 is 1.64. The third-order valence-electron chi connectivity index (χ3n) is 4.74. The number of nitrogens with zero attached hydrogens (tertiary/aromatic N) is 3. The second kappa shape index (κ2) is 6.95. The molecule has 3 atom stereocenters. The van der Waals surface area contributed by atoms with Crippen LogP contribution in [0.15, 0.2) is 36.1 Å². The number of thiazole rings is 1. The molecule has 0 amide bonds. The Balaban J connectivity index is 1.37. The highest BCUT2D eigenvalue weighted by Crippen LogP contribution is 2.37. The zero-order valence-corrected chi connectivity index (χ0v) is 13.8. The van der Waals surface area contributed by atoms with Crippen molar-refractivity contribution in [3.8, 4) is 0 Å². The van der Waals surface area contributed by atoms with Gasteiger partial charge in [-0.1, -0.05) is 0 Å². The van der Waals surface area contributed by atoms with E-state index in [1.807, 2.05) is 30.0 Å². The van der Waals surface area contributed by atoms with E-state index in [4.69, 9.17) is 9.47 Å². The van der Waals surface area contributed by atoms with E-state index >= 15 is 0 Å². The standard InChI is InChI=1S/C17H21N3O2S/c1-2-14(10-18-5-1)20-7-8-22-17-13(3-4-15(17)20)11-21-12-16-19-6-9-23-16/h1-2,5-6,9-10,13,15,17H,3-4,7-8,11-12H2. The average molecular weight is 331 g/mol. The van der Waals surface area contributed by atoms with Crippen molar-refractivity contribution in [3.05, 3.63) is 41.1 Å². The van der Waals surface area contributed by atoms with Gasteiger partial charge >= 0.3 is 0 Å². The van der Waals surface area contributed by atoms with Gasteiger partial charge in [-0.25, -0.2) is 4.98 Å². The number of fused-ring (bicyclic) bond motifs is 1. The molecular weight excluding hydrogens is 310 g/mol. The summed E-state index contributed by atoms with van der Waals surface area (Å²) in [6.07, 6.45) is 8.18. The van der Waals surface area contributed by atoms with Crippen LogP contribution in [0.2, 0.25) is 0 Å². The molecule has 0 N–H and O–H groups in total. The zero-order valence-electron chi connectivity index (χ0n) is 13.0. The van der Waals surface area contributed by atoms with Gasteiger partial charge in [0.05, 0.1) is 43.9 Å². The van der Waals surface area contributed by atoms with Crippen molar-refractivity contribution in [2.24, 2.45) is 5.92 Å². The minimum atomic E-state index is 0.264. The number of hydrogen-bond donors (Lipinski definition) is 0. The predicted octanol–water partition coefficient (Wildman–Crippen LogP) is 2.74. The first-order chi connectivity index (χ1) is 11.4. The van der Waals surface area contributed by atoms with Crippen molar-refractivity contribution in [3.63, 3.8) is 0 Å². The van der Waals surface area contributed by atoms with E-state index in [0.717, 1.165) is 37.6 Å². The van der Waals surface area contributed by atoms with Crippen molar-refractivity contribution in [2.75, 3.05) is 24.7 Å². The Kier molecular flexibility index (Phi) is 4.55. The van der Waals surface area contributed by atoms with Crippen LogP contribution >= 0.6 is 11.3 Å². The first-order valence-corrected chi connectivity index (χ1v) is 9.04. The number of hydrogen-bond acceptors (Lipinski definition) is 6. The summed E-state index contributed by atoms with van der Waals surface area (Å²) in [5.41, 5.74) is 1.20. The van der Waals surface area contributed by atoms with Crippen molar-refractivity contribution in [2.45, 2.75) is 31.6 Å². The number of morpholine rings is 1. The molecule has 3 unspecified atom stereocenters. The van der Waals surface area contributed by atoms with Gasteiger partial charge in [0.25, 0.3) is 0 Å². The van der Waals surface area contributed by atoms with Crippen LogP contribution in [0.5, 0.6) is 0 Å². The van der Waals surface area contributed by atoms with Gasteiger partial charge in [-0.05, 0) is 25.0 Å². The minimum absolute atomic E-state index is 0.264. The van der Waals surface area contributed by atoms with Crippen molar-refractivity contribution < 1.29 is 9.47 Å². The molecule has 3 heterocycles. The molecule has 23 heavy (non-hydrogen) atoms. The van der Waals surface area contributed by atoms with E-state index in [1.165, 1.54) is 5.69 Å². The van der Waals surface area contributed by atoms with Gasteiger partial charge in [0, 0.05) is 30.2 Å². The molecule has 0 radical (unpaired) electrons. The molecule has 2 fully saturated rings. The highest BCUT2D eigenvalue weighted by Gasteiger charge is 2.42. The average Bonchev–Trinajstić information content (AvgIpc) is 3.26. The third-order valence-corrected chi connectivity index (χ3v) is 5.49. The Bertz CT molecular complexity index is 608. The van der Waals surface area contributed by atoms with Crippen LogP contribution in [-0.2, 0) is 16.1 Å². The fraction of sp³-hybridized carbons (Fsp3) is 0.529. The van der Waals surface area contributed by atoms with Crippen molar-refractivity contribution in [1.29, 1.82) is 0 Å². The maximum Gasteiger partial charge on any atom is 0.118 e. The number of ether oxygens (including phenoxy) is 2. The van der Waals surface area contributed by atoms with Crippen LogP contribution in [0.3, 0.4) is 0 Å². The zero-order chi connectivity index (χ0) is 15.5. The molecule has 0 spiro atoms. The van der Waals surface area contributed by atoms with E-state index in [-0.39, 0.29) is 6.10 Å². The van der Waals surface area contributed by atoms with Gasteiger partial charge in [0.1, 0.15) is 5.01 Å². The Labute approximate surface area is 140 Å². The number of pyridine rings is 1. The molecule has 0 aromatic carbocycles. The number of aromatic nitrogens is 2. The van der Waals surface area contributed by atoms with Crippen molar-refractivity contribution in [1.82, 2.24) is 9.97 Å². The maximum atomic E-state index is 6.10. The first-order valence-electron chi connectivity index (χ1n) is 8.16. The van der Waals surface area contributed by atoms with Gasteiger partial charge in [0.15, 0.2) is 0 Å². The summed E-state index contributed by atoms with van der Waals surface area (Å²) < 4.78 is 12.0. The van der Waals surface area contributed by atoms with Gasteiger partial charge in [0.2, 0.25) is 0 Å². The lowest BCUT2D eigenvalue weighted by Crippen LogP contribution is -2.51. The van der Waals surface area contributed by atoms with Crippen LogP contribution in [0.25, 0.3) is 0 Å². The lowest BCUT2D eigenvalue weighted by molar-refractivity contribution is -0.0307. The molecular formula is C17H21N3O2S. The second-order valence-corrected chi connectivity index (χ2v) is 7.06. The van der Waals surface area contributed by atoms with E-state index in [1.54, 1.807) is 11.3 Å². The van der Waals surface area contributed by atoms with Crippen LogP contribution < -0.4 is 4.90 Å². The Hall–Kier alpha value is -1.50. The fourth-order valence-corrected chi connectivity index (χ4v) is 4.26. The van der Waals surface area contributed by atoms with E-state index in [9.17, 15) is 0 Å². The molecule has 6 heteroatoms. The minimum Gasteiger partial charge on any atom is -0.374 e. The molecule has 2 aromatic rings. The Morgan fingerprint density at radius 3 is 3.17 bits per heavy atom. The van der Waals surface area contributed by atoms with E-state index < -0.39 is 0 Å². The largest absolute Gasteiger partial charge is 0.374 e. The number of anilines is 1. The lowest BCUT2D eigenvalue weighted by atomic mass is 10.0. The van der Waals surface area contributed by atoms with Gasteiger partial charge < -0.3 is 14.4 Å². The maximum absolute atomic E-state index is 6.10. The van der Waals surface area contributed by atoms with Gasteiger partial charge in [-0.15, -0.1) is 11.3 Å². The molecule has 1 saturated carbocycles. The highest BCUT2D eigenvalue weighted by molar-refractivity contribution is 7.09. The normalized spacial score (nSPS) is 27.1. The van der Waals surface area contributed by atoms with E-state index in [2.05, 4.69) is 20.9 Å². The molecule has 2 aromatic heterocycles. The highest BCUT2D eigenvalue weighted by atomic mass is 32.1. The summed E-state index contributed by atoms with van der Waals surface area (Å²) in [6, 6.07) is 4.59. The second-order valence-electron chi connectivity index (χ2n) is 6.09. The van der Waals surface area contributed by atoms with Gasteiger partial charge in [-0.2, -0.15) is 0 Å². The van der Waals surface area contributed by atoms with Crippen molar-refractivity contribution >= 4 is 17.0 Å². The number of rotatable bonds is 5. The molecule has 1 aliphatic carbocycles. The van der Waals surface area contributed by atoms with Crippen LogP contribution in [0.4, 0.5) is 5.69 Å². The molecule has 2 aliphatic rings. The van der Waals surface area contributed by atoms with Gasteiger partial charge in [-0.3, -0.25) is 4.98 Å². The van der Waals surface area contributed by atoms with Crippen LogP contribution in [-0.4, -0.2) is 41.9 Å². The third kappa shape index (κ3) is 3.24. The lowest BCUT2D eigenvalue weighted by Gasteiger charge is -2.40. The summed E-state index contributed by atoms with van der Waals surface area (Å²) in [5.74, 6) is 0.472. The topological polar surface area (TPSA) is 47.5 Å². The molecule has 122 valence electrons. The first kappa shape index (κ1) is 15.1. The van der Waals surface area contributed by atoms with Crippen LogP contribution in [0, 0.1) is 5.92 Å². The Morgan fingerprint density at radius 1 is 1.35 bits per heavy atom.